The summed E-state index contributed by atoms with van der Waals surface area (Å²) in [6, 6.07) is 57.8. The molecule has 1 heterocycles. The molecule has 0 saturated heterocycles. The molecule has 9 rings (SSSR count). The molecule has 2 aliphatic rings. The van der Waals surface area contributed by atoms with E-state index in [0.717, 1.165) is 33.4 Å². The van der Waals surface area contributed by atoms with Crippen LogP contribution in [0.25, 0.3) is 22.3 Å². The van der Waals surface area contributed by atoms with Gasteiger partial charge in [-0.25, -0.2) is 0 Å². The molecule has 0 saturated carbocycles. The van der Waals surface area contributed by atoms with Gasteiger partial charge in [-0.3, -0.25) is 0 Å². The maximum Gasteiger partial charge on any atom is 0.170 e. The molecule has 0 atom stereocenters. The zero-order valence-electron chi connectivity index (χ0n) is 27.6. The standard InChI is InChI=1S/C47H32N2O2/c48-41(31-13-4-1-5-14-31)24-25-42(49)34-16-12-15-32(27-34)33-23-26-43-44(28-33)51-45-29-38-37-21-10-11-22-39(37)47(35-17-6-2-7-18-35,36-19-8-3-9-20-36)40(38)30-46(45)50-43/h1-30,48-49H/b25-24-,48-41?,49-42?. The van der Waals surface area contributed by atoms with Gasteiger partial charge in [0.25, 0.3) is 0 Å². The third-order valence-corrected chi connectivity index (χ3v) is 9.91. The number of benzene rings is 7. The molecule has 7 aromatic carbocycles. The van der Waals surface area contributed by atoms with E-state index in [4.69, 9.17) is 20.3 Å². The molecule has 0 unspecified atom stereocenters. The second-order valence-corrected chi connectivity index (χ2v) is 12.8. The minimum atomic E-state index is -0.521. The van der Waals surface area contributed by atoms with Gasteiger partial charge < -0.3 is 20.3 Å². The van der Waals surface area contributed by atoms with E-state index in [-0.39, 0.29) is 0 Å². The molecule has 4 nitrogen and oxygen atoms in total. The van der Waals surface area contributed by atoms with E-state index in [0.29, 0.717) is 34.4 Å². The van der Waals surface area contributed by atoms with E-state index in [2.05, 4.69) is 97.1 Å². The van der Waals surface area contributed by atoms with E-state index in [1.54, 1.807) is 12.2 Å². The Bertz CT molecular complexity index is 2460. The second kappa shape index (κ2) is 12.3. The minimum Gasteiger partial charge on any atom is -0.450 e. The highest BCUT2D eigenvalue weighted by atomic mass is 16.6. The van der Waals surface area contributed by atoms with E-state index in [9.17, 15) is 0 Å². The van der Waals surface area contributed by atoms with Crippen LogP contribution in [0.15, 0.2) is 182 Å². The molecule has 51 heavy (non-hydrogen) atoms. The Labute approximate surface area is 296 Å². The fraction of sp³-hybridized carbons (Fsp3) is 0.0213. The summed E-state index contributed by atoms with van der Waals surface area (Å²) < 4.78 is 13.3. The molecular formula is C47H32N2O2. The van der Waals surface area contributed by atoms with Crippen molar-refractivity contribution >= 4 is 11.4 Å². The number of ether oxygens (including phenoxy) is 2. The van der Waals surface area contributed by atoms with Gasteiger partial charge in [0.15, 0.2) is 23.0 Å². The van der Waals surface area contributed by atoms with Crippen LogP contribution in [0.3, 0.4) is 0 Å². The summed E-state index contributed by atoms with van der Waals surface area (Å²) in [6.07, 6.45) is 3.35. The predicted octanol–water partition coefficient (Wildman–Crippen LogP) is 11.6. The fourth-order valence-electron chi connectivity index (χ4n) is 7.54. The van der Waals surface area contributed by atoms with Crippen LogP contribution < -0.4 is 9.47 Å². The van der Waals surface area contributed by atoms with E-state index in [1.807, 2.05) is 72.8 Å². The topological polar surface area (TPSA) is 66.2 Å². The summed E-state index contributed by atoms with van der Waals surface area (Å²) >= 11 is 0. The lowest BCUT2D eigenvalue weighted by molar-refractivity contribution is 0.359. The van der Waals surface area contributed by atoms with Crippen molar-refractivity contribution in [2.24, 2.45) is 0 Å². The smallest absolute Gasteiger partial charge is 0.170 e. The van der Waals surface area contributed by atoms with E-state index in [1.165, 1.54) is 22.3 Å². The lowest BCUT2D eigenvalue weighted by Crippen LogP contribution is -2.28. The number of hydrogen-bond donors (Lipinski definition) is 2. The van der Waals surface area contributed by atoms with Gasteiger partial charge in [0.2, 0.25) is 0 Å². The Morgan fingerprint density at radius 3 is 1.69 bits per heavy atom. The van der Waals surface area contributed by atoms with Gasteiger partial charge >= 0.3 is 0 Å². The minimum absolute atomic E-state index is 0.334. The third-order valence-electron chi connectivity index (χ3n) is 9.91. The maximum absolute atomic E-state index is 8.70. The monoisotopic (exact) mass is 656 g/mol. The van der Waals surface area contributed by atoms with Crippen molar-refractivity contribution in [3.8, 4) is 45.3 Å². The van der Waals surface area contributed by atoms with Crippen LogP contribution in [-0.2, 0) is 5.41 Å². The summed E-state index contributed by atoms with van der Waals surface area (Å²) in [5.74, 6) is 2.64. The molecule has 0 fully saturated rings. The highest BCUT2D eigenvalue weighted by Crippen LogP contribution is 2.59. The summed E-state index contributed by atoms with van der Waals surface area (Å²) in [4.78, 5) is 0. The van der Waals surface area contributed by atoms with Crippen LogP contribution in [0.5, 0.6) is 23.0 Å². The van der Waals surface area contributed by atoms with Gasteiger partial charge in [-0.15, -0.1) is 0 Å². The molecule has 0 radical (unpaired) electrons. The molecule has 0 spiro atoms. The number of allylic oxidation sites excluding steroid dienone is 2. The molecule has 2 N–H and O–H groups in total. The van der Waals surface area contributed by atoms with Crippen molar-refractivity contribution in [2.75, 3.05) is 0 Å². The number of hydrogen-bond acceptors (Lipinski definition) is 4. The molecule has 0 bridgehead atoms. The summed E-state index contributed by atoms with van der Waals surface area (Å²) in [6.45, 7) is 0. The Hall–Kier alpha value is -6.78. The maximum atomic E-state index is 8.70. The first kappa shape index (κ1) is 30.3. The first-order valence-electron chi connectivity index (χ1n) is 17.0. The normalized spacial score (nSPS) is 13.3. The van der Waals surface area contributed by atoms with Crippen LogP contribution in [0.4, 0.5) is 0 Å². The van der Waals surface area contributed by atoms with Crippen molar-refractivity contribution in [3.63, 3.8) is 0 Å². The predicted molar refractivity (Wildman–Crippen MR) is 205 cm³/mol. The first-order chi connectivity index (χ1) is 25.1. The lowest BCUT2D eigenvalue weighted by Gasteiger charge is -2.34. The molecule has 7 aromatic rings. The van der Waals surface area contributed by atoms with Gasteiger partial charge in [-0.2, -0.15) is 0 Å². The zero-order valence-corrected chi connectivity index (χ0v) is 27.6. The molecule has 0 amide bonds. The Balaban J connectivity index is 1.07. The van der Waals surface area contributed by atoms with Crippen LogP contribution >= 0.6 is 0 Å². The summed E-state index contributed by atoms with van der Waals surface area (Å²) in [5, 5.41) is 17.1. The average Bonchev–Trinajstić information content (AvgIpc) is 3.48. The second-order valence-electron chi connectivity index (χ2n) is 12.8. The lowest BCUT2D eigenvalue weighted by atomic mass is 9.67. The van der Waals surface area contributed by atoms with Crippen LogP contribution in [0.2, 0.25) is 0 Å². The van der Waals surface area contributed by atoms with Crippen LogP contribution in [-0.4, -0.2) is 11.4 Å². The number of rotatable bonds is 7. The fourth-order valence-corrected chi connectivity index (χ4v) is 7.54. The van der Waals surface area contributed by atoms with Crippen molar-refractivity contribution in [2.45, 2.75) is 5.41 Å². The number of fused-ring (bicyclic) bond motifs is 5. The summed E-state index contributed by atoms with van der Waals surface area (Å²) in [7, 11) is 0. The molecule has 0 aromatic heterocycles. The highest BCUT2D eigenvalue weighted by Gasteiger charge is 2.47. The van der Waals surface area contributed by atoms with Crippen molar-refractivity contribution in [3.05, 3.63) is 215 Å². The van der Waals surface area contributed by atoms with Crippen molar-refractivity contribution in [1.29, 1.82) is 10.8 Å². The zero-order chi connectivity index (χ0) is 34.4. The van der Waals surface area contributed by atoms with Crippen LogP contribution in [0.1, 0.15) is 33.4 Å². The third kappa shape index (κ3) is 5.08. The largest absolute Gasteiger partial charge is 0.450 e. The van der Waals surface area contributed by atoms with Gasteiger partial charge in [0.1, 0.15) is 0 Å². The molecular weight excluding hydrogens is 625 g/mol. The van der Waals surface area contributed by atoms with Crippen molar-refractivity contribution < 1.29 is 9.47 Å². The Morgan fingerprint density at radius 1 is 0.412 bits per heavy atom. The summed E-state index contributed by atoms with van der Waals surface area (Å²) in [5.41, 5.74) is 10.8. The first-order valence-corrected chi connectivity index (χ1v) is 17.0. The SMILES string of the molecule is N=C(/C=C\C(=N)c1cccc(-c2ccc3c(c2)Oc2cc4c(cc2O3)C(c2ccccc2)(c2ccccc2)c2ccccc2-4)c1)c1ccccc1. The van der Waals surface area contributed by atoms with Gasteiger partial charge in [0.05, 0.1) is 16.8 Å². The van der Waals surface area contributed by atoms with Gasteiger partial charge in [0, 0.05) is 0 Å². The van der Waals surface area contributed by atoms with Crippen molar-refractivity contribution in [1.82, 2.24) is 0 Å². The van der Waals surface area contributed by atoms with E-state index >= 15 is 0 Å². The molecule has 242 valence electrons. The molecule has 1 aliphatic carbocycles. The Kier molecular flexibility index (Phi) is 7.29. The van der Waals surface area contributed by atoms with Gasteiger partial charge in [-0.1, -0.05) is 140 Å². The molecule has 1 aliphatic heterocycles. The number of nitrogens with one attached hydrogen (secondary N) is 2. The highest BCUT2D eigenvalue weighted by molar-refractivity contribution is 6.14. The van der Waals surface area contributed by atoms with E-state index < -0.39 is 5.41 Å². The Morgan fingerprint density at radius 2 is 0.961 bits per heavy atom. The molecule has 4 heteroatoms. The quantitative estimate of drug-likeness (QED) is 0.168. The van der Waals surface area contributed by atoms with Gasteiger partial charge in [-0.05, 0) is 98.1 Å². The van der Waals surface area contributed by atoms with Crippen LogP contribution in [0, 0.1) is 10.8 Å². The average molecular weight is 657 g/mol.